The Morgan fingerprint density at radius 1 is 1.19 bits per heavy atom. The van der Waals surface area contributed by atoms with E-state index in [4.69, 9.17) is 16.0 Å². The van der Waals surface area contributed by atoms with Crippen LogP contribution >= 0.6 is 11.6 Å². The van der Waals surface area contributed by atoms with Crippen molar-refractivity contribution in [3.05, 3.63) is 58.0 Å². The van der Waals surface area contributed by atoms with Crippen LogP contribution in [0.3, 0.4) is 0 Å². The van der Waals surface area contributed by atoms with E-state index in [1.54, 1.807) is 18.2 Å². The zero-order valence-corrected chi connectivity index (χ0v) is 9.84. The lowest BCUT2D eigenvalue weighted by Crippen LogP contribution is -2.01. The Hall–Kier alpha value is -1.54. The molecule has 0 aliphatic heterocycles. The first-order valence-corrected chi connectivity index (χ1v) is 5.32. The summed E-state index contributed by atoms with van der Waals surface area (Å²) in [6.45, 7) is 3.74. The van der Waals surface area contributed by atoms with Gasteiger partial charge in [-0.15, -0.1) is 0 Å². The van der Waals surface area contributed by atoms with E-state index in [0.717, 1.165) is 11.1 Å². The Balaban J connectivity index is 2.42. The zero-order chi connectivity index (χ0) is 11.7. The maximum absolute atomic E-state index is 12.0. The van der Waals surface area contributed by atoms with Gasteiger partial charge in [-0.25, -0.2) is 0 Å². The molecule has 0 unspecified atom stereocenters. The van der Waals surface area contributed by atoms with E-state index in [9.17, 15) is 4.79 Å². The van der Waals surface area contributed by atoms with Crippen LogP contribution in [0.2, 0.25) is 5.02 Å². The molecule has 0 bridgehead atoms. The highest BCUT2D eigenvalue weighted by Gasteiger charge is 2.15. The predicted octanol–water partition coefficient (Wildman–Crippen LogP) is 3.78. The molecule has 0 atom stereocenters. The van der Waals surface area contributed by atoms with Gasteiger partial charge in [0.05, 0.1) is 6.26 Å². The van der Waals surface area contributed by atoms with Gasteiger partial charge in [-0.3, -0.25) is 4.79 Å². The number of furan rings is 1. The average molecular weight is 235 g/mol. The minimum Gasteiger partial charge on any atom is -0.461 e. The third-order valence-corrected chi connectivity index (χ3v) is 2.91. The molecule has 2 rings (SSSR count). The number of hydrogen-bond acceptors (Lipinski definition) is 2. The van der Waals surface area contributed by atoms with Crippen molar-refractivity contribution in [1.82, 2.24) is 0 Å². The minimum absolute atomic E-state index is 0.135. The molecule has 2 nitrogen and oxygen atoms in total. The molecule has 16 heavy (non-hydrogen) atoms. The number of hydrogen-bond donors (Lipinski definition) is 0. The van der Waals surface area contributed by atoms with Gasteiger partial charge in [0.2, 0.25) is 5.78 Å². The molecular formula is C13H11ClO2. The van der Waals surface area contributed by atoms with Crippen molar-refractivity contribution in [3.63, 3.8) is 0 Å². The molecule has 0 fully saturated rings. The molecule has 2 aromatic rings. The number of ketones is 1. The maximum atomic E-state index is 12.0. The van der Waals surface area contributed by atoms with Crippen LogP contribution in [-0.2, 0) is 0 Å². The topological polar surface area (TPSA) is 30.2 Å². The van der Waals surface area contributed by atoms with E-state index in [-0.39, 0.29) is 5.78 Å². The highest BCUT2D eigenvalue weighted by molar-refractivity contribution is 6.31. The first-order valence-electron chi connectivity index (χ1n) is 4.94. The Bertz CT molecular complexity index is 541. The highest BCUT2D eigenvalue weighted by Crippen LogP contribution is 2.20. The lowest BCUT2D eigenvalue weighted by Gasteiger charge is -2.02. The van der Waals surface area contributed by atoms with E-state index in [0.29, 0.717) is 16.3 Å². The minimum atomic E-state index is -0.135. The molecule has 0 spiro atoms. The van der Waals surface area contributed by atoms with Crippen molar-refractivity contribution in [3.8, 4) is 0 Å². The third kappa shape index (κ3) is 1.89. The second-order valence-electron chi connectivity index (χ2n) is 3.73. The van der Waals surface area contributed by atoms with E-state index in [1.165, 1.54) is 6.26 Å². The van der Waals surface area contributed by atoms with Crippen LogP contribution in [0.25, 0.3) is 0 Å². The number of carbonyl (C=O) groups is 1. The first-order chi connectivity index (χ1) is 7.59. The standard InChI is InChI=1S/C13H11ClO2/c1-8-3-4-10(7-11(8)14)12(15)13-9(2)5-6-16-13/h3-7H,1-2H3. The van der Waals surface area contributed by atoms with Crippen LogP contribution in [0.1, 0.15) is 27.2 Å². The Morgan fingerprint density at radius 3 is 2.50 bits per heavy atom. The SMILES string of the molecule is Cc1ccc(C(=O)c2occc2C)cc1Cl. The third-order valence-electron chi connectivity index (χ3n) is 2.50. The Kier molecular flexibility index (Phi) is 2.84. The van der Waals surface area contributed by atoms with Crippen molar-refractivity contribution < 1.29 is 9.21 Å². The van der Waals surface area contributed by atoms with E-state index in [2.05, 4.69) is 0 Å². The first kappa shape index (κ1) is 11.0. The maximum Gasteiger partial charge on any atom is 0.228 e. The van der Waals surface area contributed by atoms with E-state index in [1.807, 2.05) is 19.9 Å². The van der Waals surface area contributed by atoms with Crippen molar-refractivity contribution in [2.24, 2.45) is 0 Å². The average Bonchev–Trinajstić information content (AvgIpc) is 2.67. The van der Waals surface area contributed by atoms with Gasteiger partial charge in [-0.2, -0.15) is 0 Å². The zero-order valence-electron chi connectivity index (χ0n) is 9.08. The lowest BCUT2D eigenvalue weighted by molar-refractivity contribution is 0.101. The van der Waals surface area contributed by atoms with Gasteiger partial charge in [-0.1, -0.05) is 23.7 Å². The quantitative estimate of drug-likeness (QED) is 0.741. The van der Waals surface area contributed by atoms with Crippen LogP contribution in [0.5, 0.6) is 0 Å². The number of benzene rings is 1. The highest BCUT2D eigenvalue weighted by atomic mass is 35.5. The van der Waals surface area contributed by atoms with Gasteiger partial charge >= 0.3 is 0 Å². The molecule has 3 heteroatoms. The number of aryl methyl sites for hydroxylation is 2. The second kappa shape index (κ2) is 4.14. The van der Waals surface area contributed by atoms with Crippen molar-refractivity contribution in [2.45, 2.75) is 13.8 Å². The summed E-state index contributed by atoms with van der Waals surface area (Å²) < 4.78 is 5.16. The summed E-state index contributed by atoms with van der Waals surface area (Å²) >= 11 is 5.98. The fourth-order valence-corrected chi connectivity index (χ4v) is 1.65. The Morgan fingerprint density at radius 2 is 1.94 bits per heavy atom. The van der Waals surface area contributed by atoms with Crippen LogP contribution in [0.15, 0.2) is 34.9 Å². The van der Waals surface area contributed by atoms with Crippen LogP contribution in [0.4, 0.5) is 0 Å². The van der Waals surface area contributed by atoms with Crippen LogP contribution in [-0.4, -0.2) is 5.78 Å². The summed E-state index contributed by atoms with van der Waals surface area (Å²) in [6, 6.07) is 7.02. The molecule has 82 valence electrons. The molecule has 0 aliphatic carbocycles. The summed E-state index contributed by atoms with van der Waals surface area (Å²) in [4.78, 5) is 12.0. The normalized spacial score (nSPS) is 10.4. The molecule has 0 aliphatic rings. The monoisotopic (exact) mass is 234 g/mol. The van der Waals surface area contributed by atoms with Gasteiger partial charge in [0, 0.05) is 10.6 Å². The largest absolute Gasteiger partial charge is 0.461 e. The summed E-state index contributed by atoms with van der Waals surface area (Å²) in [5, 5.41) is 0.593. The molecule has 1 heterocycles. The number of halogens is 1. The predicted molar refractivity (Wildman–Crippen MR) is 63.1 cm³/mol. The summed E-state index contributed by atoms with van der Waals surface area (Å²) in [7, 11) is 0. The smallest absolute Gasteiger partial charge is 0.228 e. The fourth-order valence-electron chi connectivity index (χ4n) is 1.47. The van der Waals surface area contributed by atoms with Crippen molar-refractivity contribution in [1.29, 1.82) is 0 Å². The summed E-state index contributed by atoms with van der Waals surface area (Å²) in [5.74, 6) is 0.240. The molecule has 1 aromatic heterocycles. The van der Waals surface area contributed by atoms with Gasteiger partial charge in [0.1, 0.15) is 0 Å². The second-order valence-corrected chi connectivity index (χ2v) is 4.13. The fraction of sp³-hybridized carbons (Fsp3) is 0.154. The summed E-state index contributed by atoms with van der Waals surface area (Å²) in [6.07, 6.45) is 1.51. The molecule has 0 saturated carbocycles. The molecule has 0 saturated heterocycles. The molecule has 1 aromatic carbocycles. The van der Waals surface area contributed by atoms with Crippen molar-refractivity contribution >= 4 is 17.4 Å². The summed E-state index contributed by atoms with van der Waals surface area (Å²) in [5.41, 5.74) is 2.34. The molecule has 0 N–H and O–H groups in total. The molecular weight excluding hydrogens is 224 g/mol. The van der Waals surface area contributed by atoms with Gasteiger partial charge in [0.25, 0.3) is 0 Å². The van der Waals surface area contributed by atoms with Gasteiger partial charge in [-0.05, 0) is 37.1 Å². The number of carbonyl (C=O) groups excluding carboxylic acids is 1. The van der Waals surface area contributed by atoms with Crippen LogP contribution < -0.4 is 0 Å². The van der Waals surface area contributed by atoms with Gasteiger partial charge in [0.15, 0.2) is 5.76 Å². The van der Waals surface area contributed by atoms with Gasteiger partial charge < -0.3 is 4.42 Å². The van der Waals surface area contributed by atoms with Crippen molar-refractivity contribution in [2.75, 3.05) is 0 Å². The molecule has 0 amide bonds. The van der Waals surface area contributed by atoms with E-state index >= 15 is 0 Å². The van der Waals surface area contributed by atoms with Crippen LogP contribution in [0, 0.1) is 13.8 Å². The van der Waals surface area contributed by atoms with E-state index < -0.39 is 0 Å². The Labute approximate surface area is 98.8 Å². The number of rotatable bonds is 2. The lowest BCUT2D eigenvalue weighted by atomic mass is 10.1. The molecule has 0 radical (unpaired) electrons.